The van der Waals surface area contributed by atoms with Crippen LogP contribution in [-0.4, -0.2) is 38.3 Å². The van der Waals surface area contributed by atoms with Crippen LogP contribution in [0.3, 0.4) is 0 Å². The second-order valence-electron chi connectivity index (χ2n) is 8.25. The number of carboxylic acids is 1. The van der Waals surface area contributed by atoms with Gasteiger partial charge in [-0.15, -0.1) is 0 Å². The fourth-order valence-corrected chi connectivity index (χ4v) is 4.23. The summed E-state index contributed by atoms with van der Waals surface area (Å²) in [6.07, 6.45) is 3.51. The topological polar surface area (TPSA) is 87.4 Å². The number of hydrogen-bond acceptors (Lipinski definition) is 4. The monoisotopic (exact) mass is 463 g/mol. The molecule has 0 saturated heterocycles. The Balaban J connectivity index is 1.47. The van der Waals surface area contributed by atoms with Crippen LogP contribution in [0.2, 0.25) is 5.02 Å². The first-order chi connectivity index (χ1) is 15.9. The van der Waals surface area contributed by atoms with Crippen LogP contribution in [-0.2, 0) is 13.0 Å². The van der Waals surface area contributed by atoms with Gasteiger partial charge in [-0.1, -0.05) is 29.8 Å². The number of carbonyl (C=O) groups is 1. The molecule has 2 aromatic carbocycles. The molecule has 0 spiro atoms. The molecule has 33 heavy (non-hydrogen) atoms. The molecule has 0 aliphatic rings. The second kappa shape index (κ2) is 10.2. The van der Waals surface area contributed by atoms with Crippen LogP contribution in [0.5, 0.6) is 0 Å². The summed E-state index contributed by atoms with van der Waals surface area (Å²) < 4.78 is 1.82. The number of aliphatic hydroxyl groups excluding tert-OH is 1. The average molecular weight is 464 g/mol. The van der Waals surface area contributed by atoms with Crippen molar-refractivity contribution in [2.24, 2.45) is 0 Å². The van der Waals surface area contributed by atoms with Crippen molar-refractivity contribution in [1.82, 2.24) is 14.9 Å². The number of nitrogens with zero attached hydrogens (tertiary/aromatic N) is 2. The number of rotatable bonds is 9. The predicted molar refractivity (Wildman–Crippen MR) is 130 cm³/mol. The lowest BCUT2D eigenvalue weighted by atomic mass is 10.0. The van der Waals surface area contributed by atoms with E-state index in [1.807, 2.05) is 47.0 Å². The number of nitrogens with one attached hydrogen (secondary N) is 1. The van der Waals surface area contributed by atoms with E-state index in [0.29, 0.717) is 18.1 Å². The lowest BCUT2D eigenvalue weighted by molar-refractivity contribution is 0.0686. The third kappa shape index (κ3) is 5.60. The Morgan fingerprint density at radius 1 is 1.09 bits per heavy atom. The van der Waals surface area contributed by atoms with Crippen LogP contribution in [0.15, 0.2) is 73.1 Å². The number of aliphatic hydroxyl groups is 1. The van der Waals surface area contributed by atoms with E-state index in [4.69, 9.17) is 11.6 Å². The first-order valence-corrected chi connectivity index (χ1v) is 11.2. The van der Waals surface area contributed by atoms with Crippen molar-refractivity contribution in [2.45, 2.75) is 32.0 Å². The van der Waals surface area contributed by atoms with Gasteiger partial charge in [0.25, 0.3) is 0 Å². The number of fused-ring (bicyclic) bond motifs is 1. The number of carboxylic acid groups (broad SMARTS) is 1. The maximum atomic E-state index is 11.9. The summed E-state index contributed by atoms with van der Waals surface area (Å²) in [5, 5.41) is 25.0. The van der Waals surface area contributed by atoms with Crippen LogP contribution in [0.4, 0.5) is 0 Å². The molecular formula is C26H26ClN3O3. The summed E-state index contributed by atoms with van der Waals surface area (Å²) >= 11 is 6.01. The molecule has 2 aromatic heterocycles. The highest BCUT2D eigenvalue weighted by Gasteiger charge is 2.16. The summed E-state index contributed by atoms with van der Waals surface area (Å²) in [4.78, 5) is 15.9. The van der Waals surface area contributed by atoms with Gasteiger partial charge in [-0.05, 0) is 72.5 Å². The first kappa shape index (κ1) is 23.0. The van der Waals surface area contributed by atoms with Crippen molar-refractivity contribution >= 4 is 28.5 Å². The zero-order chi connectivity index (χ0) is 23.4. The molecule has 0 radical (unpaired) electrons. The third-order valence-electron chi connectivity index (χ3n) is 5.71. The number of aromatic nitrogens is 2. The van der Waals surface area contributed by atoms with Gasteiger partial charge in [0.15, 0.2) is 0 Å². The summed E-state index contributed by atoms with van der Waals surface area (Å²) in [7, 11) is 0. The summed E-state index contributed by atoms with van der Waals surface area (Å²) in [5.41, 5.74) is 4.00. The van der Waals surface area contributed by atoms with Gasteiger partial charge in [-0.2, -0.15) is 0 Å². The van der Waals surface area contributed by atoms with Crippen molar-refractivity contribution < 1.29 is 15.0 Å². The SMILES string of the molecule is C[C@H](Cc1ccc2c(c1)cc(C(=O)O)n2Cc1ccncc1)NC[C@H](O)c1cccc(Cl)c1. The minimum Gasteiger partial charge on any atom is -0.477 e. The van der Waals surface area contributed by atoms with Gasteiger partial charge in [-0.25, -0.2) is 4.79 Å². The molecular weight excluding hydrogens is 438 g/mol. The Morgan fingerprint density at radius 3 is 2.61 bits per heavy atom. The molecule has 2 atom stereocenters. The van der Waals surface area contributed by atoms with E-state index < -0.39 is 12.1 Å². The van der Waals surface area contributed by atoms with Crippen molar-refractivity contribution in [2.75, 3.05) is 6.54 Å². The van der Waals surface area contributed by atoms with Crippen molar-refractivity contribution in [3.05, 3.63) is 100 Å². The van der Waals surface area contributed by atoms with E-state index in [-0.39, 0.29) is 11.7 Å². The highest BCUT2D eigenvalue weighted by Crippen LogP contribution is 2.24. The minimum atomic E-state index is -0.952. The number of aromatic carboxylic acids is 1. The van der Waals surface area contributed by atoms with Gasteiger partial charge >= 0.3 is 5.97 Å². The fourth-order valence-electron chi connectivity index (χ4n) is 4.04. The summed E-state index contributed by atoms with van der Waals surface area (Å²) in [6.45, 7) is 2.94. The number of benzene rings is 2. The maximum Gasteiger partial charge on any atom is 0.352 e. The summed E-state index contributed by atoms with van der Waals surface area (Å²) in [6, 6.07) is 18.9. The lowest BCUT2D eigenvalue weighted by Gasteiger charge is -2.18. The van der Waals surface area contributed by atoms with Crippen LogP contribution in [0.25, 0.3) is 10.9 Å². The van der Waals surface area contributed by atoms with E-state index in [0.717, 1.165) is 34.0 Å². The predicted octanol–water partition coefficient (Wildman–Crippen LogP) is 4.69. The van der Waals surface area contributed by atoms with E-state index in [1.165, 1.54) is 0 Å². The normalized spacial score (nSPS) is 13.2. The number of pyridine rings is 1. The minimum absolute atomic E-state index is 0.120. The van der Waals surface area contributed by atoms with Gasteiger partial charge in [0.2, 0.25) is 0 Å². The van der Waals surface area contributed by atoms with E-state index in [9.17, 15) is 15.0 Å². The molecule has 0 unspecified atom stereocenters. The lowest BCUT2D eigenvalue weighted by Crippen LogP contribution is -2.32. The van der Waals surface area contributed by atoms with E-state index in [2.05, 4.69) is 17.2 Å². The fraction of sp³-hybridized carbons (Fsp3) is 0.231. The zero-order valence-electron chi connectivity index (χ0n) is 18.3. The molecule has 0 fully saturated rings. The Kier molecular flexibility index (Phi) is 7.08. The van der Waals surface area contributed by atoms with Gasteiger partial charge in [0, 0.05) is 47.5 Å². The van der Waals surface area contributed by atoms with Crippen LogP contribution < -0.4 is 5.32 Å². The Hall–Kier alpha value is -3.19. The van der Waals surface area contributed by atoms with Gasteiger partial charge in [-0.3, -0.25) is 4.98 Å². The molecule has 170 valence electrons. The third-order valence-corrected chi connectivity index (χ3v) is 5.95. The smallest absolute Gasteiger partial charge is 0.352 e. The highest BCUT2D eigenvalue weighted by molar-refractivity contribution is 6.30. The van der Waals surface area contributed by atoms with Crippen LogP contribution in [0, 0.1) is 0 Å². The summed E-state index contributed by atoms with van der Waals surface area (Å²) in [5.74, 6) is -0.952. The molecule has 4 aromatic rings. The van der Waals surface area contributed by atoms with E-state index in [1.54, 1.807) is 30.6 Å². The quantitative estimate of drug-likeness (QED) is 0.335. The molecule has 0 aliphatic carbocycles. The zero-order valence-corrected chi connectivity index (χ0v) is 19.0. The average Bonchev–Trinajstić information content (AvgIpc) is 3.16. The van der Waals surface area contributed by atoms with Gasteiger partial charge < -0.3 is 20.1 Å². The molecule has 0 amide bonds. The Bertz CT molecular complexity index is 1260. The second-order valence-corrected chi connectivity index (χ2v) is 8.69. The molecule has 7 heteroatoms. The van der Waals surface area contributed by atoms with Gasteiger partial charge in [0.05, 0.1) is 6.10 Å². The molecule has 0 bridgehead atoms. The first-order valence-electron chi connectivity index (χ1n) is 10.8. The standard InChI is InChI=1S/C26H26ClN3O3/c1-17(29-15-25(31)20-3-2-4-22(27)13-20)11-19-5-6-23-21(12-19)14-24(26(32)33)30(23)16-18-7-9-28-10-8-18/h2-10,12-14,17,25,29,31H,11,15-16H2,1H3,(H,32,33)/t17-,25+/m1/s1. The van der Waals surface area contributed by atoms with Crippen LogP contribution in [0.1, 0.15) is 40.2 Å². The van der Waals surface area contributed by atoms with Crippen molar-refractivity contribution in [1.29, 1.82) is 0 Å². The van der Waals surface area contributed by atoms with Crippen molar-refractivity contribution in [3.8, 4) is 0 Å². The Morgan fingerprint density at radius 2 is 1.88 bits per heavy atom. The number of halogens is 1. The van der Waals surface area contributed by atoms with Gasteiger partial charge in [0.1, 0.15) is 5.69 Å². The molecule has 2 heterocycles. The molecule has 0 aliphatic heterocycles. The molecule has 0 saturated carbocycles. The highest BCUT2D eigenvalue weighted by atomic mass is 35.5. The largest absolute Gasteiger partial charge is 0.477 e. The van der Waals surface area contributed by atoms with Crippen molar-refractivity contribution in [3.63, 3.8) is 0 Å². The molecule has 6 nitrogen and oxygen atoms in total. The van der Waals surface area contributed by atoms with E-state index >= 15 is 0 Å². The molecule has 4 rings (SSSR count). The molecule has 3 N–H and O–H groups in total. The Labute approximate surface area is 197 Å². The number of hydrogen-bond donors (Lipinski definition) is 3. The van der Waals surface area contributed by atoms with Crippen LogP contribution >= 0.6 is 11.6 Å². The maximum absolute atomic E-state index is 11.9.